The number of carbonyl (C=O) groups is 2. The van der Waals surface area contributed by atoms with Crippen molar-refractivity contribution in [1.82, 2.24) is 14.9 Å². The quantitative estimate of drug-likeness (QED) is 0.879. The number of hydrogen-bond donors (Lipinski definition) is 2. The number of hydrogen-bond acceptors (Lipinski definition) is 4. The van der Waals surface area contributed by atoms with Crippen LogP contribution in [0.5, 0.6) is 0 Å². The third kappa shape index (κ3) is 3.88. The fourth-order valence-corrected chi connectivity index (χ4v) is 2.36. The van der Waals surface area contributed by atoms with Gasteiger partial charge in [0.2, 0.25) is 0 Å². The van der Waals surface area contributed by atoms with Gasteiger partial charge in [0.1, 0.15) is 5.82 Å². The summed E-state index contributed by atoms with van der Waals surface area (Å²) < 4.78 is 38.6. The number of amides is 2. The maximum atomic E-state index is 12.9. The predicted molar refractivity (Wildman–Crippen MR) is 72.7 cm³/mol. The summed E-state index contributed by atoms with van der Waals surface area (Å²) in [6.45, 7) is 0.653. The molecule has 0 spiro atoms. The molecule has 2 amide bonds. The Morgan fingerprint density at radius 1 is 1.35 bits per heavy atom. The smallest absolute Gasteiger partial charge is 0.394 e. The van der Waals surface area contributed by atoms with E-state index in [1.807, 2.05) is 6.92 Å². The van der Waals surface area contributed by atoms with Crippen molar-refractivity contribution in [2.75, 3.05) is 18.4 Å². The second-order valence-corrected chi connectivity index (χ2v) is 5.17. The van der Waals surface area contributed by atoms with E-state index in [2.05, 4.69) is 15.3 Å². The van der Waals surface area contributed by atoms with Gasteiger partial charge in [-0.3, -0.25) is 4.79 Å². The number of aryl methyl sites for hydroxylation is 1. The number of carboxylic acid groups (broad SMARTS) is 1. The third-order valence-electron chi connectivity index (χ3n) is 3.62. The number of carboxylic acids is 1. The Labute approximate surface area is 129 Å². The molecule has 10 heteroatoms. The van der Waals surface area contributed by atoms with Gasteiger partial charge >= 0.3 is 18.2 Å². The fourth-order valence-electron chi connectivity index (χ4n) is 2.36. The summed E-state index contributed by atoms with van der Waals surface area (Å²) in [5.41, 5.74) is 0.231. The standard InChI is InChI=1S/C13H15F3N4O3/c1-2-10-17-3-7(4-18-10)19-12(23)20-5-8(11(21)22)9(6-20)13(14,15)16/h3-4,8-9H,2,5-6H2,1H3,(H,19,23)(H,21,22)/t8-,9-/m1/s1. The van der Waals surface area contributed by atoms with Gasteiger partial charge < -0.3 is 15.3 Å². The number of carbonyl (C=O) groups excluding carboxylic acids is 1. The van der Waals surface area contributed by atoms with E-state index in [0.29, 0.717) is 12.2 Å². The molecule has 0 aromatic carbocycles. The molecular formula is C13H15F3N4O3. The molecule has 126 valence electrons. The monoisotopic (exact) mass is 332 g/mol. The number of aliphatic carboxylic acids is 1. The summed E-state index contributed by atoms with van der Waals surface area (Å²) in [4.78, 5) is 31.7. The lowest BCUT2D eigenvalue weighted by Gasteiger charge is -2.18. The van der Waals surface area contributed by atoms with Crippen LogP contribution in [0.25, 0.3) is 0 Å². The first-order valence-corrected chi connectivity index (χ1v) is 6.88. The largest absolute Gasteiger partial charge is 0.481 e. The normalized spacial score (nSPS) is 21.3. The Hall–Kier alpha value is -2.39. The van der Waals surface area contributed by atoms with Crippen LogP contribution in [0, 0.1) is 11.8 Å². The predicted octanol–water partition coefficient (Wildman–Crippen LogP) is 1.77. The molecule has 1 aromatic rings. The van der Waals surface area contributed by atoms with Crippen LogP contribution < -0.4 is 5.32 Å². The van der Waals surface area contributed by atoms with Crippen LogP contribution in [0.1, 0.15) is 12.7 Å². The highest BCUT2D eigenvalue weighted by Crippen LogP contribution is 2.37. The first-order chi connectivity index (χ1) is 10.7. The minimum Gasteiger partial charge on any atom is -0.481 e. The number of nitrogens with one attached hydrogen (secondary N) is 1. The van der Waals surface area contributed by atoms with Gasteiger partial charge in [0, 0.05) is 19.5 Å². The van der Waals surface area contributed by atoms with Crippen molar-refractivity contribution in [3.05, 3.63) is 18.2 Å². The molecule has 2 atom stereocenters. The minimum absolute atomic E-state index is 0.231. The number of urea groups is 1. The van der Waals surface area contributed by atoms with Gasteiger partial charge in [0.15, 0.2) is 0 Å². The van der Waals surface area contributed by atoms with Crippen molar-refractivity contribution in [3.8, 4) is 0 Å². The Kier molecular flexibility index (Phi) is 4.71. The van der Waals surface area contributed by atoms with E-state index in [1.54, 1.807) is 0 Å². The summed E-state index contributed by atoms with van der Waals surface area (Å²) in [5, 5.41) is 11.3. The van der Waals surface area contributed by atoms with Crippen LogP contribution in [0.15, 0.2) is 12.4 Å². The summed E-state index contributed by atoms with van der Waals surface area (Å²) in [7, 11) is 0. The highest BCUT2D eigenvalue weighted by molar-refractivity contribution is 5.89. The highest BCUT2D eigenvalue weighted by Gasteiger charge is 2.53. The maximum Gasteiger partial charge on any atom is 0.394 e. The molecule has 2 rings (SSSR count). The van der Waals surface area contributed by atoms with E-state index >= 15 is 0 Å². The molecule has 7 nitrogen and oxygen atoms in total. The van der Waals surface area contributed by atoms with E-state index in [9.17, 15) is 22.8 Å². The van der Waals surface area contributed by atoms with Gasteiger partial charge in [-0.05, 0) is 0 Å². The highest BCUT2D eigenvalue weighted by atomic mass is 19.4. The first kappa shape index (κ1) is 17.0. The van der Waals surface area contributed by atoms with E-state index in [0.717, 1.165) is 4.90 Å². The van der Waals surface area contributed by atoms with Crippen molar-refractivity contribution in [3.63, 3.8) is 0 Å². The summed E-state index contributed by atoms with van der Waals surface area (Å²) >= 11 is 0. The Morgan fingerprint density at radius 3 is 2.39 bits per heavy atom. The molecule has 2 heterocycles. The number of nitrogens with zero attached hydrogens (tertiary/aromatic N) is 3. The van der Waals surface area contributed by atoms with E-state index < -0.39 is 43.1 Å². The van der Waals surface area contributed by atoms with Gasteiger partial charge in [-0.15, -0.1) is 0 Å². The summed E-state index contributed by atoms with van der Waals surface area (Å²) in [5.74, 6) is -4.76. The average Bonchev–Trinajstić information content (AvgIpc) is 2.93. The molecule has 0 unspecified atom stereocenters. The molecule has 1 aromatic heterocycles. The molecule has 0 bridgehead atoms. The summed E-state index contributed by atoms with van der Waals surface area (Å²) in [6.07, 6.45) is -1.39. The van der Waals surface area contributed by atoms with Gasteiger partial charge in [-0.25, -0.2) is 14.8 Å². The van der Waals surface area contributed by atoms with Gasteiger partial charge in [0.05, 0.1) is 29.9 Å². The second-order valence-electron chi connectivity index (χ2n) is 5.17. The first-order valence-electron chi connectivity index (χ1n) is 6.88. The number of rotatable bonds is 3. The topological polar surface area (TPSA) is 95.4 Å². The molecule has 1 fully saturated rings. The fraction of sp³-hybridized carbons (Fsp3) is 0.538. The lowest BCUT2D eigenvalue weighted by molar-refractivity contribution is -0.187. The third-order valence-corrected chi connectivity index (χ3v) is 3.62. The Balaban J connectivity index is 2.06. The zero-order valence-corrected chi connectivity index (χ0v) is 12.2. The SMILES string of the molecule is CCc1ncc(NC(=O)N2C[C@@H](C(F)(F)F)[C@H](C(=O)O)C2)cn1. The second kappa shape index (κ2) is 6.39. The molecular weight excluding hydrogens is 317 g/mol. The molecule has 1 aliphatic rings. The van der Waals surface area contributed by atoms with E-state index in [1.165, 1.54) is 12.4 Å². The molecule has 0 radical (unpaired) electrons. The van der Waals surface area contributed by atoms with Crippen LogP contribution in [-0.2, 0) is 11.2 Å². The van der Waals surface area contributed by atoms with Crippen LogP contribution in [0.3, 0.4) is 0 Å². The zero-order chi connectivity index (χ0) is 17.2. The van der Waals surface area contributed by atoms with Crippen LogP contribution >= 0.6 is 0 Å². The van der Waals surface area contributed by atoms with Crippen molar-refractivity contribution >= 4 is 17.7 Å². The molecule has 1 aliphatic heterocycles. The molecule has 0 aliphatic carbocycles. The lowest BCUT2D eigenvalue weighted by Crippen LogP contribution is -2.35. The number of alkyl halides is 3. The van der Waals surface area contributed by atoms with Crippen molar-refractivity contribution in [2.24, 2.45) is 11.8 Å². The number of halogens is 3. The van der Waals surface area contributed by atoms with E-state index in [4.69, 9.17) is 5.11 Å². The Bertz CT molecular complexity index is 591. The van der Waals surface area contributed by atoms with Gasteiger partial charge in [-0.2, -0.15) is 13.2 Å². The van der Waals surface area contributed by atoms with Crippen molar-refractivity contribution < 1.29 is 27.9 Å². The molecule has 2 N–H and O–H groups in total. The van der Waals surface area contributed by atoms with Crippen LogP contribution in [0.2, 0.25) is 0 Å². The van der Waals surface area contributed by atoms with Crippen LogP contribution in [-0.4, -0.2) is 51.2 Å². The zero-order valence-electron chi connectivity index (χ0n) is 12.2. The van der Waals surface area contributed by atoms with Gasteiger partial charge in [-0.1, -0.05) is 6.92 Å². The molecule has 1 saturated heterocycles. The number of anilines is 1. The summed E-state index contributed by atoms with van der Waals surface area (Å²) in [6, 6.07) is -0.809. The molecule has 23 heavy (non-hydrogen) atoms. The van der Waals surface area contributed by atoms with Crippen LogP contribution in [0.4, 0.5) is 23.7 Å². The van der Waals surface area contributed by atoms with E-state index in [-0.39, 0.29) is 5.69 Å². The van der Waals surface area contributed by atoms with Gasteiger partial charge in [0.25, 0.3) is 0 Å². The van der Waals surface area contributed by atoms with Crippen molar-refractivity contribution in [1.29, 1.82) is 0 Å². The average molecular weight is 332 g/mol. The van der Waals surface area contributed by atoms with Crippen molar-refractivity contribution in [2.45, 2.75) is 19.5 Å². The lowest BCUT2D eigenvalue weighted by atomic mass is 9.96. The molecule has 0 saturated carbocycles. The number of likely N-dealkylation sites (tertiary alicyclic amines) is 1. The Morgan fingerprint density at radius 2 is 1.96 bits per heavy atom. The minimum atomic E-state index is -4.68. The maximum absolute atomic E-state index is 12.9. The number of aromatic nitrogens is 2.